The molecule has 24 heavy (non-hydrogen) atoms. The van der Waals surface area contributed by atoms with Gasteiger partial charge in [0, 0.05) is 34.3 Å². The summed E-state index contributed by atoms with van der Waals surface area (Å²) in [6.07, 6.45) is -0.534. The van der Waals surface area contributed by atoms with Gasteiger partial charge < -0.3 is 15.4 Å². The molecule has 0 saturated heterocycles. The Morgan fingerprint density at radius 2 is 1.83 bits per heavy atom. The van der Waals surface area contributed by atoms with Crippen molar-refractivity contribution < 1.29 is 14.3 Å². The molecule has 0 aliphatic heterocycles. The summed E-state index contributed by atoms with van der Waals surface area (Å²) in [6.45, 7) is 0.601. The molecule has 128 valence electrons. The molecule has 0 unspecified atom stereocenters. The highest BCUT2D eigenvalue weighted by atomic mass is 32.2. The maximum atomic E-state index is 11.8. The third kappa shape index (κ3) is 6.51. The Hall–Kier alpha value is -2.19. The van der Waals surface area contributed by atoms with Crippen LogP contribution >= 0.6 is 23.1 Å². The standard InChI is InChI=1S/C16H19N3O3S2/c1-22-16(21)19-13-6-4-12(5-7-13)18-15(20)17-8-10-23-11-14-3-2-9-24-14/h2-7,9H,8,10-11H2,1H3,(H,19,21)(H2,17,18,20). The molecule has 0 fully saturated rings. The quantitative estimate of drug-likeness (QED) is 0.649. The molecule has 6 nitrogen and oxygen atoms in total. The van der Waals surface area contributed by atoms with Gasteiger partial charge in [0.2, 0.25) is 0 Å². The number of thiophene rings is 1. The highest BCUT2D eigenvalue weighted by Crippen LogP contribution is 2.16. The van der Waals surface area contributed by atoms with E-state index >= 15 is 0 Å². The molecular weight excluding hydrogens is 346 g/mol. The second kappa shape index (κ2) is 9.84. The van der Waals surface area contributed by atoms with Gasteiger partial charge in [-0.25, -0.2) is 9.59 Å². The molecule has 2 aromatic rings. The number of nitrogens with one attached hydrogen (secondary N) is 3. The summed E-state index contributed by atoms with van der Waals surface area (Å²) in [5.41, 5.74) is 1.24. The largest absolute Gasteiger partial charge is 0.453 e. The summed E-state index contributed by atoms with van der Waals surface area (Å²) >= 11 is 3.53. The van der Waals surface area contributed by atoms with E-state index in [9.17, 15) is 9.59 Å². The minimum Gasteiger partial charge on any atom is -0.453 e. The molecule has 8 heteroatoms. The molecule has 1 heterocycles. The fourth-order valence-electron chi connectivity index (χ4n) is 1.79. The number of methoxy groups -OCH3 is 1. The molecule has 0 radical (unpaired) electrons. The first-order valence-corrected chi connectivity index (χ1v) is 9.31. The minimum absolute atomic E-state index is 0.250. The van der Waals surface area contributed by atoms with Crippen LogP contribution in [0.2, 0.25) is 0 Å². The number of ether oxygens (including phenoxy) is 1. The minimum atomic E-state index is -0.534. The Labute approximate surface area is 149 Å². The molecule has 0 spiro atoms. The van der Waals surface area contributed by atoms with Crippen molar-refractivity contribution in [2.24, 2.45) is 0 Å². The van der Waals surface area contributed by atoms with E-state index in [1.807, 2.05) is 6.07 Å². The van der Waals surface area contributed by atoms with E-state index in [-0.39, 0.29) is 6.03 Å². The summed E-state index contributed by atoms with van der Waals surface area (Å²) in [5, 5.41) is 10.2. The topological polar surface area (TPSA) is 79.5 Å². The number of anilines is 2. The maximum Gasteiger partial charge on any atom is 0.411 e. The highest BCUT2D eigenvalue weighted by Gasteiger charge is 2.03. The van der Waals surface area contributed by atoms with Gasteiger partial charge in [0.1, 0.15) is 0 Å². The van der Waals surface area contributed by atoms with Crippen LogP contribution in [0.5, 0.6) is 0 Å². The van der Waals surface area contributed by atoms with Crippen molar-refractivity contribution in [1.82, 2.24) is 5.32 Å². The van der Waals surface area contributed by atoms with E-state index in [0.29, 0.717) is 17.9 Å². The second-order valence-electron chi connectivity index (χ2n) is 4.71. The first-order valence-electron chi connectivity index (χ1n) is 7.27. The molecular formula is C16H19N3O3S2. The number of hydrogen-bond acceptors (Lipinski definition) is 5. The molecule has 3 N–H and O–H groups in total. The van der Waals surface area contributed by atoms with E-state index in [1.165, 1.54) is 12.0 Å². The Balaban J connectivity index is 1.63. The smallest absolute Gasteiger partial charge is 0.411 e. The van der Waals surface area contributed by atoms with Crippen LogP contribution in [0, 0.1) is 0 Å². The molecule has 2 rings (SSSR count). The SMILES string of the molecule is COC(=O)Nc1ccc(NC(=O)NCCSCc2cccs2)cc1. The van der Waals surface area contributed by atoms with Crippen LogP contribution in [0.3, 0.4) is 0 Å². The van der Waals surface area contributed by atoms with Crippen LogP contribution in [-0.4, -0.2) is 31.5 Å². The lowest BCUT2D eigenvalue weighted by atomic mass is 10.3. The van der Waals surface area contributed by atoms with Gasteiger partial charge in [-0.3, -0.25) is 5.32 Å². The zero-order chi connectivity index (χ0) is 17.2. The Morgan fingerprint density at radius 1 is 1.12 bits per heavy atom. The molecule has 3 amide bonds. The van der Waals surface area contributed by atoms with Crippen molar-refractivity contribution in [1.29, 1.82) is 0 Å². The number of thioether (sulfide) groups is 1. The molecule has 0 atom stereocenters. The Morgan fingerprint density at radius 3 is 2.46 bits per heavy atom. The molecule has 0 bridgehead atoms. The summed E-state index contributed by atoms with van der Waals surface area (Å²) in [5.74, 6) is 1.82. The van der Waals surface area contributed by atoms with Gasteiger partial charge in [0.25, 0.3) is 0 Å². The number of carbonyl (C=O) groups is 2. The molecule has 0 saturated carbocycles. The molecule has 0 aliphatic carbocycles. The lowest BCUT2D eigenvalue weighted by Crippen LogP contribution is -2.30. The van der Waals surface area contributed by atoms with Crippen LogP contribution in [0.15, 0.2) is 41.8 Å². The Bertz CT molecular complexity index is 645. The maximum absolute atomic E-state index is 11.8. The zero-order valence-electron chi connectivity index (χ0n) is 13.2. The average Bonchev–Trinajstić information content (AvgIpc) is 3.09. The van der Waals surface area contributed by atoms with Crippen LogP contribution in [-0.2, 0) is 10.5 Å². The van der Waals surface area contributed by atoms with Crippen LogP contribution in [0.25, 0.3) is 0 Å². The van der Waals surface area contributed by atoms with Gasteiger partial charge in [-0.15, -0.1) is 11.3 Å². The van der Waals surface area contributed by atoms with E-state index in [2.05, 4.69) is 32.1 Å². The van der Waals surface area contributed by atoms with Crippen LogP contribution in [0.1, 0.15) is 4.88 Å². The van der Waals surface area contributed by atoms with Crippen LogP contribution < -0.4 is 16.0 Å². The predicted octanol–water partition coefficient (Wildman–Crippen LogP) is 3.98. The number of urea groups is 1. The summed E-state index contributed by atoms with van der Waals surface area (Å²) in [6, 6.07) is 10.7. The molecule has 1 aromatic heterocycles. The summed E-state index contributed by atoms with van der Waals surface area (Å²) in [7, 11) is 1.30. The second-order valence-corrected chi connectivity index (χ2v) is 6.84. The summed E-state index contributed by atoms with van der Waals surface area (Å²) in [4.78, 5) is 24.2. The van der Waals surface area contributed by atoms with Gasteiger partial charge >= 0.3 is 12.1 Å². The van der Waals surface area contributed by atoms with Crippen LogP contribution in [0.4, 0.5) is 21.0 Å². The number of amides is 3. The number of carbonyl (C=O) groups excluding carboxylic acids is 2. The van der Waals surface area contributed by atoms with Gasteiger partial charge in [0.15, 0.2) is 0 Å². The van der Waals surface area contributed by atoms with Crippen molar-refractivity contribution in [2.45, 2.75) is 5.75 Å². The fraction of sp³-hybridized carbons (Fsp3) is 0.250. The average molecular weight is 365 g/mol. The third-order valence-electron chi connectivity index (χ3n) is 2.93. The lowest BCUT2D eigenvalue weighted by molar-refractivity contribution is 0.187. The fourth-order valence-corrected chi connectivity index (χ4v) is 3.48. The van der Waals surface area contributed by atoms with E-state index in [0.717, 1.165) is 11.5 Å². The normalized spacial score (nSPS) is 10.0. The lowest BCUT2D eigenvalue weighted by Gasteiger charge is -2.08. The van der Waals surface area contributed by atoms with E-state index in [4.69, 9.17) is 0 Å². The Kier molecular flexibility index (Phi) is 7.44. The molecule has 0 aliphatic rings. The van der Waals surface area contributed by atoms with Crippen molar-refractivity contribution in [3.63, 3.8) is 0 Å². The number of hydrogen-bond donors (Lipinski definition) is 3. The first kappa shape index (κ1) is 18.2. The van der Waals surface area contributed by atoms with Crippen molar-refractivity contribution in [3.05, 3.63) is 46.7 Å². The monoisotopic (exact) mass is 365 g/mol. The number of benzene rings is 1. The van der Waals surface area contributed by atoms with Gasteiger partial charge in [-0.2, -0.15) is 11.8 Å². The van der Waals surface area contributed by atoms with Crippen molar-refractivity contribution in [3.8, 4) is 0 Å². The van der Waals surface area contributed by atoms with E-state index in [1.54, 1.807) is 47.4 Å². The van der Waals surface area contributed by atoms with Gasteiger partial charge in [-0.1, -0.05) is 6.07 Å². The van der Waals surface area contributed by atoms with Crippen molar-refractivity contribution >= 4 is 46.6 Å². The number of rotatable bonds is 7. The molecule has 1 aromatic carbocycles. The highest BCUT2D eigenvalue weighted by molar-refractivity contribution is 7.98. The first-order chi connectivity index (χ1) is 11.7. The van der Waals surface area contributed by atoms with Crippen molar-refractivity contribution in [2.75, 3.05) is 30.0 Å². The van der Waals surface area contributed by atoms with Gasteiger partial charge in [-0.05, 0) is 35.7 Å². The summed E-state index contributed by atoms with van der Waals surface area (Å²) < 4.78 is 4.51. The zero-order valence-corrected chi connectivity index (χ0v) is 14.8. The predicted molar refractivity (Wildman–Crippen MR) is 100.0 cm³/mol. The van der Waals surface area contributed by atoms with E-state index < -0.39 is 6.09 Å². The third-order valence-corrected chi connectivity index (χ3v) is 5.00. The van der Waals surface area contributed by atoms with Gasteiger partial charge in [0.05, 0.1) is 7.11 Å².